The van der Waals surface area contributed by atoms with E-state index >= 15 is 0 Å². The minimum absolute atomic E-state index is 0.227. The number of amides is 2. The van der Waals surface area contributed by atoms with Crippen LogP contribution < -0.4 is 10.6 Å². The van der Waals surface area contributed by atoms with Crippen LogP contribution in [-0.4, -0.2) is 11.8 Å². The van der Waals surface area contributed by atoms with Gasteiger partial charge in [-0.2, -0.15) is 0 Å². The molecule has 0 spiro atoms. The zero-order valence-electron chi connectivity index (χ0n) is 14.1. The molecule has 3 aromatic carbocycles. The van der Waals surface area contributed by atoms with Gasteiger partial charge in [0.15, 0.2) is 0 Å². The maximum atomic E-state index is 12.2. The summed E-state index contributed by atoms with van der Waals surface area (Å²) in [6.45, 7) is 1.40. The first kappa shape index (κ1) is 17.7. The summed E-state index contributed by atoms with van der Waals surface area (Å²) in [5.41, 5.74) is 1.86. The van der Waals surface area contributed by atoms with Gasteiger partial charge in [-0.3, -0.25) is 9.59 Å². The first-order valence-electron chi connectivity index (χ1n) is 8.06. The van der Waals surface area contributed by atoms with Gasteiger partial charge in [-0.25, -0.2) is 0 Å². The second-order valence-electron chi connectivity index (χ2n) is 5.80. The molecule has 0 saturated carbocycles. The number of hydrogen-bond acceptors (Lipinski definition) is 2. The van der Waals surface area contributed by atoms with Crippen molar-refractivity contribution in [2.45, 2.75) is 6.92 Å². The number of nitrogens with one attached hydrogen (secondary N) is 2. The van der Waals surface area contributed by atoms with Gasteiger partial charge in [-0.15, -0.1) is 0 Å². The van der Waals surface area contributed by atoms with Gasteiger partial charge >= 0.3 is 0 Å². The third-order valence-electron chi connectivity index (χ3n) is 3.75. The normalized spacial score (nSPS) is 10.8. The molecule has 0 radical (unpaired) electrons. The number of benzene rings is 3. The van der Waals surface area contributed by atoms with Gasteiger partial charge in [0.1, 0.15) is 0 Å². The van der Waals surface area contributed by atoms with Crippen molar-refractivity contribution in [3.63, 3.8) is 0 Å². The number of carbonyl (C=O) groups is 2. The Morgan fingerprint density at radius 3 is 2.42 bits per heavy atom. The largest absolute Gasteiger partial charge is 0.325 e. The highest BCUT2D eigenvalue weighted by atomic mass is 35.5. The average Bonchev–Trinajstić information content (AvgIpc) is 2.62. The minimum Gasteiger partial charge on any atom is -0.325 e. The Labute approximate surface area is 156 Å². The predicted octanol–water partition coefficient (Wildman–Crippen LogP) is 5.10. The quantitative estimate of drug-likeness (QED) is 0.632. The summed E-state index contributed by atoms with van der Waals surface area (Å²) < 4.78 is 0. The smallest absolute Gasteiger partial charge is 0.248 e. The van der Waals surface area contributed by atoms with Gasteiger partial charge in [0.25, 0.3) is 0 Å². The summed E-state index contributed by atoms with van der Waals surface area (Å²) in [6, 6.07) is 18.9. The van der Waals surface area contributed by atoms with E-state index in [0.29, 0.717) is 16.4 Å². The molecule has 0 unspecified atom stereocenters. The molecule has 0 aliphatic heterocycles. The van der Waals surface area contributed by atoms with E-state index in [1.165, 1.54) is 13.0 Å². The molecular weight excluding hydrogens is 348 g/mol. The van der Waals surface area contributed by atoms with Crippen LogP contribution in [0.5, 0.6) is 0 Å². The number of carbonyl (C=O) groups excluding carboxylic acids is 2. The summed E-state index contributed by atoms with van der Waals surface area (Å²) in [4.78, 5) is 23.5. The Morgan fingerprint density at radius 1 is 0.885 bits per heavy atom. The molecule has 130 valence electrons. The van der Waals surface area contributed by atoms with Crippen LogP contribution in [-0.2, 0) is 9.59 Å². The van der Waals surface area contributed by atoms with E-state index in [-0.39, 0.29) is 11.8 Å². The summed E-state index contributed by atoms with van der Waals surface area (Å²) in [7, 11) is 0. The molecule has 3 rings (SSSR count). The summed E-state index contributed by atoms with van der Waals surface area (Å²) in [5.74, 6) is -0.540. The molecule has 3 aromatic rings. The molecule has 5 heteroatoms. The molecule has 2 N–H and O–H groups in total. The molecule has 26 heavy (non-hydrogen) atoms. The van der Waals surface area contributed by atoms with Gasteiger partial charge in [-0.05, 0) is 46.7 Å². The highest BCUT2D eigenvalue weighted by Gasteiger charge is 2.07. The molecule has 0 aliphatic carbocycles. The van der Waals surface area contributed by atoms with E-state index in [9.17, 15) is 9.59 Å². The summed E-state index contributed by atoms with van der Waals surface area (Å²) >= 11 is 5.98. The van der Waals surface area contributed by atoms with E-state index in [2.05, 4.69) is 10.6 Å². The van der Waals surface area contributed by atoms with Crippen molar-refractivity contribution in [3.8, 4) is 0 Å². The van der Waals surface area contributed by atoms with Crippen LogP contribution >= 0.6 is 11.6 Å². The highest BCUT2D eigenvalue weighted by molar-refractivity contribution is 6.31. The summed E-state index contributed by atoms with van der Waals surface area (Å²) in [6.07, 6.45) is 3.19. The number of anilines is 2. The maximum Gasteiger partial charge on any atom is 0.248 e. The van der Waals surface area contributed by atoms with Gasteiger partial charge in [0.2, 0.25) is 11.8 Å². The van der Waals surface area contributed by atoms with Crippen molar-refractivity contribution in [3.05, 3.63) is 77.3 Å². The third-order valence-corrected chi connectivity index (χ3v) is 3.99. The van der Waals surface area contributed by atoms with Crippen LogP contribution in [0.25, 0.3) is 16.8 Å². The van der Waals surface area contributed by atoms with Crippen LogP contribution in [0.4, 0.5) is 11.4 Å². The first-order valence-corrected chi connectivity index (χ1v) is 8.44. The number of hydrogen-bond donors (Lipinski definition) is 2. The first-order chi connectivity index (χ1) is 12.5. The molecule has 0 saturated heterocycles. The lowest BCUT2D eigenvalue weighted by atomic mass is 10.1. The second kappa shape index (κ2) is 7.85. The van der Waals surface area contributed by atoms with Gasteiger partial charge < -0.3 is 10.6 Å². The Hall–Kier alpha value is -3.11. The minimum atomic E-state index is -0.313. The topological polar surface area (TPSA) is 58.2 Å². The lowest BCUT2D eigenvalue weighted by molar-refractivity contribution is -0.114. The fourth-order valence-electron chi connectivity index (χ4n) is 2.58. The van der Waals surface area contributed by atoms with Crippen molar-refractivity contribution in [1.82, 2.24) is 0 Å². The Bertz CT molecular complexity index is 1010. The van der Waals surface area contributed by atoms with Gasteiger partial charge in [0.05, 0.1) is 11.4 Å². The van der Waals surface area contributed by atoms with Crippen molar-refractivity contribution in [2.75, 3.05) is 10.6 Å². The lowest BCUT2D eigenvalue weighted by Crippen LogP contribution is -2.13. The SMILES string of the molecule is CC(=O)Nc1ccc(Cl)cc1NC(=O)C=Cc1ccc2ccccc2c1. The Balaban J connectivity index is 1.76. The Kier molecular flexibility index (Phi) is 5.34. The number of rotatable bonds is 4. The second-order valence-corrected chi connectivity index (χ2v) is 6.24. The van der Waals surface area contributed by atoms with E-state index < -0.39 is 0 Å². The zero-order chi connectivity index (χ0) is 18.5. The van der Waals surface area contributed by atoms with E-state index in [4.69, 9.17) is 11.6 Å². The molecule has 0 atom stereocenters. The van der Waals surface area contributed by atoms with E-state index in [1.807, 2.05) is 42.5 Å². The molecular formula is C21H17ClN2O2. The fourth-order valence-corrected chi connectivity index (χ4v) is 2.75. The molecule has 0 aromatic heterocycles. The maximum absolute atomic E-state index is 12.2. The van der Waals surface area contributed by atoms with Crippen LogP contribution in [0.1, 0.15) is 12.5 Å². The van der Waals surface area contributed by atoms with Crippen LogP contribution in [0.3, 0.4) is 0 Å². The van der Waals surface area contributed by atoms with E-state index in [1.54, 1.807) is 24.3 Å². The molecule has 0 bridgehead atoms. The Morgan fingerprint density at radius 2 is 1.65 bits per heavy atom. The van der Waals surface area contributed by atoms with Crippen molar-refractivity contribution >= 4 is 51.6 Å². The molecule has 2 amide bonds. The molecule has 0 heterocycles. The average molecular weight is 365 g/mol. The molecule has 4 nitrogen and oxygen atoms in total. The van der Waals surface area contributed by atoms with Crippen molar-refractivity contribution < 1.29 is 9.59 Å². The summed E-state index contributed by atoms with van der Waals surface area (Å²) in [5, 5.41) is 8.12. The number of halogens is 1. The monoisotopic (exact) mass is 364 g/mol. The van der Waals surface area contributed by atoms with Gasteiger partial charge in [0, 0.05) is 18.0 Å². The standard InChI is InChI=1S/C21H17ClN2O2/c1-14(25)23-19-10-9-18(22)13-20(19)24-21(26)11-7-15-6-8-16-4-2-3-5-17(16)12-15/h2-13H,1H3,(H,23,25)(H,24,26). The zero-order valence-corrected chi connectivity index (χ0v) is 14.9. The highest BCUT2D eigenvalue weighted by Crippen LogP contribution is 2.26. The molecule has 0 fully saturated rings. The lowest BCUT2D eigenvalue weighted by Gasteiger charge is -2.10. The van der Waals surface area contributed by atoms with Crippen LogP contribution in [0, 0.1) is 0 Å². The van der Waals surface area contributed by atoms with Crippen LogP contribution in [0.15, 0.2) is 66.7 Å². The fraction of sp³-hybridized carbons (Fsp3) is 0.0476. The van der Waals surface area contributed by atoms with Crippen molar-refractivity contribution in [1.29, 1.82) is 0 Å². The number of fused-ring (bicyclic) bond motifs is 1. The van der Waals surface area contributed by atoms with E-state index in [0.717, 1.165) is 16.3 Å². The predicted molar refractivity (Wildman–Crippen MR) is 107 cm³/mol. The molecule has 0 aliphatic rings. The third kappa shape index (κ3) is 4.49. The van der Waals surface area contributed by atoms with Gasteiger partial charge in [-0.1, -0.05) is 48.0 Å². The van der Waals surface area contributed by atoms with Crippen LogP contribution in [0.2, 0.25) is 5.02 Å². The van der Waals surface area contributed by atoms with Crippen molar-refractivity contribution in [2.24, 2.45) is 0 Å².